The molecule has 2 aromatic rings. The van der Waals surface area contributed by atoms with Crippen LogP contribution in [0.3, 0.4) is 0 Å². The van der Waals surface area contributed by atoms with Gasteiger partial charge in [-0.05, 0) is 50.5 Å². The smallest absolute Gasteiger partial charge is 0.341 e. The number of nitrogens with one attached hydrogen (secondary N) is 1. The third-order valence-electron chi connectivity index (χ3n) is 5.69. The first-order valence-corrected chi connectivity index (χ1v) is 10.7. The maximum Gasteiger partial charge on any atom is 0.341 e. The van der Waals surface area contributed by atoms with Gasteiger partial charge in [0.1, 0.15) is 0 Å². The molecule has 0 amide bonds. The fraction of sp³-hybridized carbons (Fsp3) is 0.280. The van der Waals surface area contributed by atoms with Crippen molar-refractivity contribution in [2.24, 2.45) is 7.05 Å². The van der Waals surface area contributed by atoms with Gasteiger partial charge in [-0.3, -0.25) is 10.1 Å². The van der Waals surface area contributed by atoms with Crippen molar-refractivity contribution >= 4 is 17.6 Å². The van der Waals surface area contributed by atoms with Crippen LogP contribution in [0.1, 0.15) is 37.4 Å². The number of allylic oxidation sites excluding steroid dienone is 3. The molecule has 1 aliphatic heterocycles. The van der Waals surface area contributed by atoms with E-state index >= 15 is 0 Å². The maximum atomic E-state index is 13.1. The third kappa shape index (κ3) is 5.25. The summed E-state index contributed by atoms with van der Waals surface area (Å²) in [5.41, 5.74) is 2.77. The molecule has 1 aromatic heterocycles. The Morgan fingerprint density at radius 1 is 1.15 bits per heavy atom. The Hall–Kier alpha value is -4.14. The number of nitro benzene ring substituents is 1. The van der Waals surface area contributed by atoms with E-state index in [2.05, 4.69) is 5.32 Å². The molecular weight excluding hydrogens is 438 g/mol. The second-order valence-corrected chi connectivity index (χ2v) is 7.91. The topological polar surface area (TPSA) is 113 Å². The lowest BCUT2D eigenvalue weighted by Crippen LogP contribution is -2.32. The van der Waals surface area contributed by atoms with E-state index in [0.29, 0.717) is 23.4 Å². The number of carbonyl (C=O) groups excluding carboxylic acids is 2. The molecule has 1 aromatic carbocycles. The van der Waals surface area contributed by atoms with Gasteiger partial charge in [0.2, 0.25) is 0 Å². The molecule has 1 N–H and O–H groups in total. The second kappa shape index (κ2) is 10.7. The van der Waals surface area contributed by atoms with E-state index in [-0.39, 0.29) is 16.8 Å². The van der Waals surface area contributed by atoms with Gasteiger partial charge in [0.05, 0.1) is 35.4 Å². The molecule has 0 radical (unpaired) electrons. The Morgan fingerprint density at radius 2 is 1.85 bits per heavy atom. The van der Waals surface area contributed by atoms with Crippen LogP contribution in [0, 0.1) is 10.1 Å². The van der Waals surface area contributed by atoms with Crippen molar-refractivity contribution in [3.63, 3.8) is 0 Å². The number of aromatic nitrogens is 1. The molecule has 3 rings (SSSR count). The molecule has 34 heavy (non-hydrogen) atoms. The van der Waals surface area contributed by atoms with E-state index in [4.69, 9.17) is 9.47 Å². The molecule has 0 aliphatic carbocycles. The number of dihydropyridines is 1. The molecule has 1 aliphatic rings. The average molecular weight is 466 g/mol. The fourth-order valence-electron chi connectivity index (χ4n) is 4.03. The van der Waals surface area contributed by atoms with Crippen LogP contribution >= 0.6 is 0 Å². The highest BCUT2D eigenvalue weighted by molar-refractivity contribution is 6.00. The van der Waals surface area contributed by atoms with Gasteiger partial charge in [-0.25, -0.2) is 9.59 Å². The molecule has 9 heteroatoms. The van der Waals surface area contributed by atoms with Crippen LogP contribution in [0.15, 0.2) is 77.5 Å². The van der Waals surface area contributed by atoms with Crippen molar-refractivity contribution < 1.29 is 24.0 Å². The lowest BCUT2D eigenvalue weighted by molar-refractivity contribution is -0.384. The minimum atomic E-state index is -0.891. The number of non-ortho nitro benzene ring substituents is 1. The lowest BCUT2D eigenvalue weighted by Gasteiger charge is -2.29. The number of hydrogen-bond donors (Lipinski definition) is 1. The van der Waals surface area contributed by atoms with Gasteiger partial charge in [0.15, 0.2) is 0 Å². The number of rotatable bonds is 8. The number of nitro groups is 1. The van der Waals surface area contributed by atoms with Crippen LogP contribution in [-0.2, 0) is 32.5 Å². The highest BCUT2D eigenvalue weighted by Crippen LogP contribution is 2.40. The van der Waals surface area contributed by atoms with Crippen molar-refractivity contribution in [1.29, 1.82) is 0 Å². The van der Waals surface area contributed by atoms with Gasteiger partial charge in [0.25, 0.3) is 5.69 Å². The number of ether oxygens (including phenoxy) is 2. The Bertz CT molecular complexity index is 1200. The summed E-state index contributed by atoms with van der Waals surface area (Å²) in [6, 6.07) is 9.84. The van der Waals surface area contributed by atoms with Gasteiger partial charge in [-0.2, -0.15) is 0 Å². The van der Waals surface area contributed by atoms with Crippen LogP contribution < -0.4 is 5.32 Å². The van der Waals surface area contributed by atoms with Crippen LogP contribution in [0.25, 0.3) is 0 Å². The molecule has 0 saturated carbocycles. The predicted molar refractivity (Wildman–Crippen MR) is 125 cm³/mol. The number of aryl methyl sites for hydroxylation is 2. The van der Waals surface area contributed by atoms with Crippen molar-refractivity contribution in [1.82, 2.24) is 9.88 Å². The number of esters is 2. The minimum Gasteiger partial charge on any atom is -0.466 e. The maximum absolute atomic E-state index is 13.1. The monoisotopic (exact) mass is 465 g/mol. The standard InChI is InChI=1S/C25H27N3O6/c1-16-21(24(29)33-4)23(18-9-7-11-20(15-18)28(31)32)22(17(2)26-16)25(30)34-14-6-5-10-19-12-8-13-27(19)3/h6-9,11-15,23,26H,5,10H2,1-4H3. The highest BCUT2D eigenvalue weighted by atomic mass is 16.6. The number of carbonyl (C=O) groups is 2. The molecule has 1 unspecified atom stereocenters. The summed E-state index contributed by atoms with van der Waals surface area (Å²) < 4.78 is 12.4. The first-order valence-electron chi connectivity index (χ1n) is 10.7. The molecular formula is C25H27N3O6. The summed E-state index contributed by atoms with van der Waals surface area (Å²) in [6.07, 6.45) is 6.50. The fourth-order valence-corrected chi connectivity index (χ4v) is 4.03. The van der Waals surface area contributed by atoms with Gasteiger partial charge in [-0.1, -0.05) is 12.1 Å². The summed E-state index contributed by atoms with van der Waals surface area (Å²) in [5, 5.41) is 14.4. The zero-order valence-corrected chi connectivity index (χ0v) is 19.5. The van der Waals surface area contributed by atoms with Gasteiger partial charge >= 0.3 is 11.9 Å². The van der Waals surface area contributed by atoms with Gasteiger partial charge in [0, 0.05) is 42.5 Å². The van der Waals surface area contributed by atoms with E-state index in [9.17, 15) is 19.7 Å². The Kier molecular flexibility index (Phi) is 7.68. The molecule has 1 atom stereocenters. The van der Waals surface area contributed by atoms with Crippen LogP contribution in [0.5, 0.6) is 0 Å². The normalized spacial score (nSPS) is 15.9. The molecule has 2 heterocycles. The molecule has 178 valence electrons. The highest BCUT2D eigenvalue weighted by Gasteiger charge is 2.38. The van der Waals surface area contributed by atoms with Crippen LogP contribution in [-0.4, -0.2) is 28.5 Å². The first-order chi connectivity index (χ1) is 16.2. The van der Waals surface area contributed by atoms with E-state index in [0.717, 1.165) is 12.1 Å². The lowest BCUT2D eigenvalue weighted by atomic mass is 9.80. The van der Waals surface area contributed by atoms with Crippen LogP contribution in [0.4, 0.5) is 5.69 Å². The van der Waals surface area contributed by atoms with Crippen molar-refractivity contribution in [3.8, 4) is 0 Å². The van der Waals surface area contributed by atoms with E-state index < -0.39 is 22.8 Å². The average Bonchev–Trinajstić information content (AvgIpc) is 3.22. The zero-order valence-electron chi connectivity index (χ0n) is 19.5. The van der Waals surface area contributed by atoms with Gasteiger partial charge < -0.3 is 19.4 Å². The number of nitrogens with zero attached hydrogens (tertiary/aromatic N) is 2. The largest absolute Gasteiger partial charge is 0.466 e. The molecule has 0 spiro atoms. The zero-order chi connectivity index (χ0) is 24.8. The van der Waals surface area contributed by atoms with E-state index in [1.807, 2.05) is 29.9 Å². The number of benzene rings is 1. The van der Waals surface area contributed by atoms with Crippen molar-refractivity contribution in [2.45, 2.75) is 32.6 Å². The van der Waals surface area contributed by atoms with E-state index in [1.54, 1.807) is 26.0 Å². The molecule has 0 fully saturated rings. The molecule has 0 saturated heterocycles. The number of hydrogen-bond acceptors (Lipinski definition) is 7. The summed E-state index contributed by atoms with van der Waals surface area (Å²) in [7, 11) is 3.21. The Morgan fingerprint density at radius 3 is 2.47 bits per heavy atom. The van der Waals surface area contributed by atoms with Crippen molar-refractivity contribution in [3.05, 3.63) is 98.8 Å². The Labute approximate surface area is 197 Å². The SMILES string of the molecule is COC(=O)C1=C(C)NC(C)=C(C(=O)OC=CCCc2cccn2C)C1c1cccc([N+](=O)[O-])c1. The minimum absolute atomic E-state index is 0.149. The Balaban J connectivity index is 1.89. The van der Waals surface area contributed by atoms with Crippen molar-refractivity contribution in [2.75, 3.05) is 7.11 Å². The summed E-state index contributed by atoms with van der Waals surface area (Å²) >= 11 is 0. The summed E-state index contributed by atoms with van der Waals surface area (Å²) in [5.74, 6) is -2.19. The summed E-state index contributed by atoms with van der Waals surface area (Å²) in [6.45, 7) is 3.38. The predicted octanol–water partition coefficient (Wildman–Crippen LogP) is 4.03. The first kappa shape index (κ1) is 24.5. The van der Waals surface area contributed by atoms with Crippen LogP contribution in [0.2, 0.25) is 0 Å². The van der Waals surface area contributed by atoms with E-state index in [1.165, 1.54) is 31.6 Å². The quantitative estimate of drug-likeness (QED) is 0.271. The molecule has 0 bridgehead atoms. The third-order valence-corrected chi connectivity index (χ3v) is 5.69. The second-order valence-electron chi connectivity index (χ2n) is 7.91. The molecule has 9 nitrogen and oxygen atoms in total. The number of methoxy groups -OCH3 is 1. The summed E-state index contributed by atoms with van der Waals surface area (Å²) in [4.78, 5) is 36.6. The van der Waals surface area contributed by atoms with Gasteiger partial charge in [-0.15, -0.1) is 0 Å².